The first kappa shape index (κ1) is 16.5. The lowest BCUT2D eigenvalue weighted by Crippen LogP contribution is -2.37. The molecule has 0 saturated carbocycles. The summed E-state index contributed by atoms with van der Waals surface area (Å²) in [6.07, 6.45) is 3.55. The molecule has 0 aliphatic heterocycles. The normalized spacial score (nSPS) is 11.6. The second-order valence-electron chi connectivity index (χ2n) is 5.24. The third-order valence-corrected chi connectivity index (χ3v) is 3.36. The quantitative estimate of drug-likeness (QED) is 0.709. The summed E-state index contributed by atoms with van der Waals surface area (Å²) in [7, 11) is 1.34. The first-order valence-electron chi connectivity index (χ1n) is 7.25. The van der Waals surface area contributed by atoms with Gasteiger partial charge in [0, 0.05) is 12.7 Å². The number of urea groups is 1. The van der Waals surface area contributed by atoms with Crippen LogP contribution in [0.15, 0.2) is 36.7 Å². The van der Waals surface area contributed by atoms with Gasteiger partial charge in [0.05, 0.1) is 24.9 Å². The number of benzene rings is 1. The van der Waals surface area contributed by atoms with Crippen molar-refractivity contribution in [2.75, 3.05) is 19.0 Å². The van der Waals surface area contributed by atoms with E-state index >= 15 is 0 Å². The number of rotatable bonds is 6. The largest absolute Gasteiger partial charge is 0.469 e. The molecule has 122 valence electrons. The Balaban J connectivity index is 1.93. The number of aryl methyl sites for hydroxylation is 1. The van der Waals surface area contributed by atoms with Gasteiger partial charge in [0.2, 0.25) is 0 Å². The van der Waals surface area contributed by atoms with Crippen molar-refractivity contribution >= 4 is 17.7 Å². The van der Waals surface area contributed by atoms with Gasteiger partial charge in [-0.15, -0.1) is 0 Å². The maximum atomic E-state index is 11.9. The highest BCUT2D eigenvalue weighted by Gasteiger charge is 2.20. The van der Waals surface area contributed by atoms with Crippen LogP contribution in [0, 0.1) is 12.8 Å². The van der Waals surface area contributed by atoms with Gasteiger partial charge in [0.25, 0.3) is 0 Å². The Morgan fingerprint density at radius 1 is 1.39 bits per heavy atom. The number of methoxy groups -OCH3 is 1. The molecule has 2 amide bonds. The van der Waals surface area contributed by atoms with Gasteiger partial charge in [-0.2, -0.15) is 5.10 Å². The zero-order chi connectivity index (χ0) is 16.7. The molecule has 7 heteroatoms. The number of aromatic amines is 1. The zero-order valence-electron chi connectivity index (χ0n) is 13.1. The molecule has 0 saturated heterocycles. The summed E-state index contributed by atoms with van der Waals surface area (Å²) in [5, 5.41) is 11.6. The molecule has 2 rings (SSSR count). The van der Waals surface area contributed by atoms with E-state index in [0.717, 1.165) is 11.1 Å². The van der Waals surface area contributed by atoms with Crippen molar-refractivity contribution < 1.29 is 14.3 Å². The molecule has 0 fully saturated rings. The van der Waals surface area contributed by atoms with Crippen LogP contribution in [0.1, 0.15) is 11.1 Å². The summed E-state index contributed by atoms with van der Waals surface area (Å²) in [6, 6.07) is 7.51. The predicted octanol–water partition coefficient (Wildman–Crippen LogP) is 1.87. The van der Waals surface area contributed by atoms with E-state index in [9.17, 15) is 9.59 Å². The van der Waals surface area contributed by atoms with Crippen LogP contribution in [0.5, 0.6) is 0 Å². The van der Waals surface area contributed by atoms with Gasteiger partial charge >= 0.3 is 12.0 Å². The number of ether oxygens (including phenoxy) is 1. The third-order valence-electron chi connectivity index (χ3n) is 3.36. The van der Waals surface area contributed by atoms with Crippen LogP contribution in [-0.2, 0) is 16.0 Å². The standard InChI is InChI=1S/C16H20N4O3/c1-11-4-3-5-12(6-11)7-13(15(21)23-2)8-17-16(22)20-14-9-18-19-10-14/h3-6,9-10,13H,7-8H2,1-2H3,(H,18,19)(H2,17,20,22)/t13-/m1/s1. The Labute approximate surface area is 134 Å². The van der Waals surface area contributed by atoms with Gasteiger partial charge in [-0.3, -0.25) is 9.89 Å². The first-order valence-corrected chi connectivity index (χ1v) is 7.25. The molecule has 0 aliphatic carbocycles. The number of nitrogens with one attached hydrogen (secondary N) is 3. The SMILES string of the molecule is COC(=O)[C@@H](CNC(=O)Nc1cn[nH]c1)Cc1cccc(C)c1. The summed E-state index contributed by atoms with van der Waals surface area (Å²) in [5.74, 6) is -0.799. The molecule has 3 N–H and O–H groups in total. The number of carbonyl (C=O) groups excluding carboxylic acids is 2. The van der Waals surface area contributed by atoms with Crippen molar-refractivity contribution in [1.82, 2.24) is 15.5 Å². The molecule has 0 bridgehead atoms. The summed E-state index contributed by atoms with van der Waals surface area (Å²) in [6.45, 7) is 2.18. The van der Waals surface area contributed by atoms with E-state index in [0.29, 0.717) is 12.1 Å². The summed E-state index contributed by atoms with van der Waals surface area (Å²) < 4.78 is 4.83. The van der Waals surface area contributed by atoms with E-state index in [1.165, 1.54) is 13.3 Å². The Bertz CT molecular complexity index is 655. The molecule has 0 radical (unpaired) electrons. The number of anilines is 1. The van der Waals surface area contributed by atoms with Crippen molar-refractivity contribution in [3.8, 4) is 0 Å². The number of aromatic nitrogens is 2. The molecular formula is C16H20N4O3. The molecule has 1 atom stereocenters. The summed E-state index contributed by atoms with van der Waals surface area (Å²) in [4.78, 5) is 23.7. The van der Waals surface area contributed by atoms with Crippen molar-refractivity contribution in [3.05, 3.63) is 47.8 Å². The Morgan fingerprint density at radius 2 is 2.22 bits per heavy atom. The van der Waals surface area contributed by atoms with Crippen molar-refractivity contribution in [2.24, 2.45) is 5.92 Å². The summed E-state index contributed by atoms with van der Waals surface area (Å²) in [5.41, 5.74) is 2.70. The van der Waals surface area contributed by atoms with Crippen LogP contribution in [0.4, 0.5) is 10.5 Å². The second kappa shape index (κ2) is 7.98. The van der Waals surface area contributed by atoms with Crippen LogP contribution < -0.4 is 10.6 Å². The fourth-order valence-corrected chi connectivity index (χ4v) is 2.24. The van der Waals surface area contributed by atoms with Gasteiger partial charge in [0.1, 0.15) is 0 Å². The van der Waals surface area contributed by atoms with E-state index < -0.39 is 11.9 Å². The van der Waals surface area contributed by atoms with E-state index in [2.05, 4.69) is 20.8 Å². The molecule has 1 heterocycles. The van der Waals surface area contributed by atoms with Gasteiger partial charge < -0.3 is 15.4 Å². The minimum Gasteiger partial charge on any atom is -0.469 e. The Kier molecular flexibility index (Phi) is 5.74. The average Bonchev–Trinajstić information content (AvgIpc) is 3.03. The van der Waals surface area contributed by atoms with E-state index in [4.69, 9.17) is 4.74 Å². The van der Waals surface area contributed by atoms with E-state index in [1.54, 1.807) is 6.20 Å². The maximum absolute atomic E-state index is 11.9. The lowest BCUT2D eigenvalue weighted by atomic mass is 9.98. The highest BCUT2D eigenvalue weighted by atomic mass is 16.5. The fourth-order valence-electron chi connectivity index (χ4n) is 2.24. The lowest BCUT2D eigenvalue weighted by Gasteiger charge is -2.16. The number of carbonyl (C=O) groups is 2. The smallest absolute Gasteiger partial charge is 0.319 e. The zero-order valence-corrected chi connectivity index (χ0v) is 13.1. The monoisotopic (exact) mass is 316 g/mol. The number of esters is 1. The van der Waals surface area contributed by atoms with Crippen LogP contribution in [0.2, 0.25) is 0 Å². The third kappa shape index (κ3) is 5.14. The molecule has 2 aromatic rings. The highest BCUT2D eigenvalue weighted by molar-refractivity contribution is 5.89. The van der Waals surface area contributed by atoms with Gasteiger partial charge in [-0.1, -0.05) is 29.8 Å². The van der Waals surface area contributed by atoms with Crippen molar-refractivity contribution in [1.29, 1.82) is 0 Å². The van der Waals surface area contributed by atoms with Gasteiger partial charge in [-0.05, 0) is 18.9 Å². The van der Waals surface area contributed by atoms with E-state index in [1.807, 2.05) is 31.2 Å². The minimum atomic E-state index is -0.447. The predicted molar refractivity (Wildman–Crippen MR) is 86.0 cm³/mol. The molecule has 0 spiro atoms. The van der Waals surface area contributed by atoms with Crippen LogP contribution in [0.3, 0.4) is 0 Å². The number of hydrogen-bond donors (Lipinski definition) is 3. The molecular weight excluding hydrogens is 296 g/mol. The highest BCUT2D eigenvalue weighted by Crippen LogP contribution is 2.12. The average molecular weight is 316 g/mol. The lowest BCUT2D eigenvalue weighted by molar-refractivity contribution is -0.145. The maximum Gasteiger partial charge on any atom is 0.319 e. The Morgan fingerprint density at radius 3 is 2.87 bits per heavy atom. The van der Waals surface area contributed by atoms with Crippen molar-refractivity contribution in [3.63, 3.8) is 0 Å². The van der Waals surface area contributed by atoms with Crippen LogP contribution in [-0.4, -0.2) is 35.9 Å². The minimum absolute atomic E-state index is 0.185. The molecule has 23 heavy (non-hydrogen) atoms. The van der Waals surface area contributed by atoms with Crippen LogP contribution in [0.25, 0.3) is 0 Å². The van der Waals surface area contributed by atoms with Gasteiger partial charge in [-0.25, -0.2) is 4.79 Å². The Hall–Kier alpha value is -2.83. The number of nitrogens with zero attached hydrogens (tertiary/aromatic N) is 1. The molecule has 7 nitrogen and oxygen atoms in total. The number of H-pyrrole nitrogens is 1. The topological polar surface area (TPSA) is 96.1 Å². The fraction of sp³-hybridized carbons (Fsp3) is 0.312. The summed E-state index contributed by atoms with van der Waals surface area (Å²) >= 11 is 0. The molecule has 1 aromatic heterocycles. The molecule has 1 aromatic carbocycles. The first-order chi connectivity index (χ1) is 11.1. The molecule has 0 aliphatic rings. The van der Waals surface area contributed by atoms with Gasteiger partial charge in [0.15, 0.2) is 0 Å². The van der Waals surface area contributed by atoms with Crippen molar-refractivity contribution in [2.45, 2.75) is 13.3 Å². The van der Waals surface area contributed by atoms with E-state index in [-0.39, 0.29) is 12.5 Å². The molecule has 0 unspecified atom stereocenters. The van der Waals surface area contributed by atoms with Crippen LogP contribution >= 0.6 is 0 Å². The number of hydrogen-bond acceptors (Lipinski definition) is 4. The number of amides is 2. The second-order valence-corrected chi connectivity index (χ2v) is 5.24.